The highest BCUT2D eigenvalue weighted by atomic mass is 31.1. The molecule has 1 atom stereocenters. The van der Waals surface area contributed by atoms with Gasteiger partial charge < -0.3 is 18.7 Å². The molecule has 0 fully saturated rings. The third-order valence-corrected chi connectivity index (χ3v) is 7.50. The van der Waals surface area contributed by atoms with Gasteiger partial charge in [0, 0.05) is 25.9 Å². The van der Waals surface area contributed by atoms with Crippen LogP contribution in [0.2, 0.25) is 0 Å². The molecule has 0 N–H and O–H groups in total. The summed E-state index contributed by atoms with van der Waals surface area (Å²) in [5.74, 6) is 0.431. The Hall–Kier alpha value is -3.97. The normalized spacial score (nSPS) is 11.7. The highest BCUT2D eigenvalue weighted by molar-refractivity contribution is 7.38. The molecule has 0 radical (unpaired) electrons. The van der Waals surface area contributed by atoms with Crippen LogP contribution < -0.4 is 9.64 Å². The number of benzene rings is 4. The van der Waals surface area contributed by atoms with Crippen molar-refractivity contribution in [3.63, 3.8) is 0 Å². The van der Waals surface area contributed by atoms with E-state index in [1.165, 1.54) is 23.7 Å². The molecule has 0 aromatic heterocycles. The van der Waals surface area contributed by atoms with E-state index in [1.807, 2.05) is 68.4 Å². The molecule has 1 amide bonds. The van der Waals surface area contributed by atoms with Gasteiger partial charge in [-0.3, -0.25) is 9.46 Å². The number of nitrogens with zero attached hydrogens (tertiary/aromatic N) is 1. The minimum Gasteiger partial charge on any atom is -0.467 e. The van der Waals surface area contributed by atoms with Crippen LogP contribution in [0.15, 0.2) is 84.9 Å². The molecule has 0 aliphatic rings. The van der Waals surface area contributed by atoms with E-state index < -0.39 is 14.1 Å². The monoisotopic (exact) mass is 605 g/mol. The Labute approximate surface area is 253 Å². The second kappa shape index (κ2) is 15.5. The maximum Gasteiger partial charge on any atom is 0.416 e. The molecule has 226 valence electrons. The number of ether oxygens (including phenoxy) is 3. The summed E-state index contributed by atoms with van der Waals surface area (Å²) in [7, 11) is -0.707. The third kappa shape index (κ3) is 9.26. The van der Waals surface area contributed by atoms with Crippen molar-refractivity contribution in [1.29, 1.82) is 0 Å². The molecule has 0 saturated carbocycles. The summed E-state index contributed by atoms with van der Waals surface area (Å²) in [5, 5.41) is 0. The molecular formula is C34H37FNO6P. The van der Waals surface area contributed by atoms with Crippen molar-refractivity contribution < 1.29 is 32.5 Å². The van der Waals surface area contributed by atoms with Gasteiger partial charge in [0.25, 0.3) is 0 Å². The summed E-state index contributed by atoms with van der Waals surface area (Å²) >= 11 is 0. The first-order chi connectivity index (χ1) is 20.7. The number of methoxy groups -OCH3 is 1. The van der Waals surface area contributed by atoms with Crippen LogP contribution >= 0.6 is 8.03 Å². The summed E-state index contributed by atoms with van der Waals surface area (Å²) in [4.78, 5) is 14.5. The molecule has 0 aliphatic heterocycles. The SMILES string of the molecule is COCOc1ccc(Cc2c(C)cc(N(CO[PH](C)=O)C(=O)OCc3ccccc3)cc2C)cc1Cc1ccc(F)cc1. The van der Waals surface area contributed by atoms with Gasteiger partial charge in [0.1, 0.15) is 24.9 Å². The average molecular weight is 606 g/mol. The van der Waals surface area contributed by atoms with Crippen LogP contribution in [-0.2, 0) is 38.0 Å². The first kappa shape index (κ1) is 32.0. The fourth-order valence-corrected chi connectivity index (χ4v) is 5.07. The fourth-order valence-electron chi connectivity index (χ4n) is 4.76. The zero-order chi connectivity index (χ0) is 30.8. The van der Waals surface area contributed by atoms with Crippen LogP contribution in [0.5, 0.6) is 5.75 Å². The fraction of sp³-hybridized carbons (Fsp3) is 0.265. The van der Waals surface area contributed by atoms with Crippen molar-refractivity contribution in [2.45, 2.75) is 33.3 Å². The predicted octanol–water partition coefficient (Wildman–Crippen LogP) is 7.83. The van der Waals surface area contributed by atoms with E-state index in [-0.39, 0.29) is 25.9 Å². The lowest BCUT2D eigenvalue weighted by Crippen LogP contribution is -2.33. The van der Waals surface area contributed by atoms with Gasteiger partial charge in [0.05, 0.1) is 0 Å². The van der Waals surface area contributed by atoms with E-state index in [0.717, 1.165) is 38.9 Å². The second-order valence-electron chi connectivity index (χ2n) is 10.3. The van der Waals surface area contributed by atoms with E-state index >= 15 is 0 Å². The summed E-state index contributed by atoms with van der Waals surface area (Å²) < 4.78 is 47.1. The average Bonchev–Trinajstić information content (AvgIpc) is 2.99. The van der Waals surface area contributed by atoms with E-state index in [1.54, 1.807) is 19.2 Å². The minimum absolute atomic E-state index is 0.109. The van der Waals surface area contributed by atoms with Crippen LogP contribution in [-0.4, -0.2) is 33.4 Å². The van der Waals surface area contributed by atoms with Gasteiger partial charge in [-0.15, -0.1) is 0 Å². The van der Waals surface area contributed by atoms with Crippen molar-refractivity contribution in [2.24, 2.45) is 0 Å². The first-order valence-electron chi connectivity index (χ1n) is 13.9. The lowest BCUT2D eigenvalue weighted by molar-refractivity contribution is 0.0505. The van der Waals surface area contributed by atoms with Gasteiger partial charge >= 0.3 is 6.09 Å². The van der Waals surface area contributed by atoms with Gasteiger partial charge in [-0.05, 0) is 89.5 Å². The molecule has 0 saturated heterocycles. The first-order valence-corrected chi connectivity index (χ1v) is 15.7. The van der Waals surface area contributed by atoms with E-state index in [4.69, 9.17) is 18.7 Å². The second-order valence-corrected chi connectivity index (χ2v) is 11.5. The van der Waals surface area contributed by atoms with Gasteiger partial charge in [-0.2, -0.15) is 0 Å². The molecule has 9 heteroatoms. The Kier molecular flexibility index (Phi) is 11.5. The molecule has 4 aromatic carbocycles. The maximum atomic E-state index is 13.5. The lowest BCUT2D eigenvalue weighted by Gasteiger charge is -2.24. The molecule has 4 aromatic rings. The van der Waals surface area contributed by atoms with Crippen LogP contribution in [0.25, 0.3) is 0 Å². The number of carbonyl (C=O) groups is 1. The van der Waals surface area contributed by atoms with E-state index in [9.17, 15) is 13.8 Å². The van der Waals surface area contributed by atoms with Gasteiger partial charge in [0.15, 0.2) is 14.8 Å². The van der Waals surface area contributed by atoms with Gasteiger partial charge in [0.2, 0.25) is 0 Å². The number of hydrogen-bond acceptors (Lipinski definition) is 6. The lowest BCUT2D eigenvalue weighted by atomic mass is 9.93. The summed E-state index contributed by atoms with van der Waals surface area (Å²) in [5.41, 5.74) is 7.56. The Morgan fingerprint density at radius 2 is 1.53 bits per heavy atom. The number of rotatable bonds is 13. The van der Waals surface area contributed by atoms with Gasteiger partial charge in [-0.25, -0.2) is 9.18 Å². The Bertz CT molecular complexity index is 1520. The highest BCUT2D eigenvalue weighted by Gasteiger charge is 2.21. The number of halogens is 1. The van der Waals surface area contributed by atoms with Crippen LogP contribution in [0.4, 0.5) is 14.9 Å². The van der Waals surface area contributed by atoms with Crippen molar-refractivity contribution >= 4 is 19.8 Å². The molecular weight excluding hydrogens is 568 g/mol. The number of amides is 1. The molecule has 7 nitrogen and oxygen atoms in total. The van der Waals surface area contributed by atoms with Crippen molar-refractivity contribution in [3.05, 3.63) is 130 Å². The van der Waals surface area contributed by atoms with E-state index in [0.29, 0.717) is 24.3 Å². The zero-order valence-electron chi connectivity index (χ0n) is 24.9. The minimum atomic E-state index is -2.28. The maximum absolute atomic E-state index is 13.5. The molecule has 0 aliphatic carbocycles. The van der Waals surface area contributed by atoms with E-state index in [2.05, 4.69) is 6.07 Å². The van der Waals surface area contributed by atoms with Crippen molar-refractivity contribution in [1.82, 2.24) is 0 Å². The van der Waals surface area contributed by atoms with Crippen molar-refractivity contribution in [2.75, 3.05) is 32.2 Å². The van der Waals surface area contributed by atoms with Crippen LogP contribution in [0.3, 0.4) is 0 Å². The predicted molar refractivity (Wildman–Crippen MR) is 167 cm³/mol. The molecule has 1 unspecified atom stereocenters. The number of anilines is 1. The quantitative estimate of drug-likeness (QED) is 0.114. The Morgan fingerprint density at radius 3 is 2.19 bits per heavy atom. The smallest absolute Gasteiger partial charge is 0.416 e. The number of aryl methyl sites for hydroxylation is 2. The number of hydrogen-bond donors (Lipinski definition) is 0. The molecule has 0 heterocycles. The summed E-state index contributed by atoms with van der Waals surface area (Å²) in [6.07, 6.45) is 0.636. The molecule has 4 rings (SSSR count). The summed E-state index contributed by atoms with van der Waals surface area (Å²) in [6.45, 7) is 5.52. The highest BCUT2D eigenvalue weighted by Crippen LogP contribution is 2.30. The largest absolute Gasteiger partial charge is 0.467 e. The Balaban J connectivity index is 1.57. The van der Waals surface area contributed by atoms with Gasteiger partial charge in [-0.1, -0.05) is 54.6 Å². The zero-order valence-corrected chi connectivity index (χ0v) is 25.9. The third-order valence-electron chi connectivity index (χ3n) is 6.96. The Morgan fingerprint density at radius 1 is 0.860 bits per heavy atom. The standard InChI is InChI=1S/C34H37FNO6P/c1-24-16-31(36(22-42-43(4)38)34(37)40-21-27-8-6-5-7-9-27)17-25(2)32(24)20-28-12-15-33(41-23-39-3)29(19-28)18-26-10-13-30(35)14-11-26/h5-17,19,43H,18,20-23H2,1-4H3. The van der Waals surface area contributed by atoms with Crippen molar-refractivity contribution in [3.8, 4) is 5.75 Å². The van der Waals surface area contributed by atoms with Crippen LogP contribution in [0, 0.1) is 19.7 Å². The molecule has 0 bridgehead atoms. The van der Waals surface area contributed by atoms with Crippen LogP contribution in [0.1, 0.15) is 38.9 Å². The molecule has 0 spiro atoms. The topological polar surface area (TPSA) is 74.3 Å². The summed E-state index contributed by atoms with van der Waals surface area (Å²) in [6, 6.07) is 25.7. The number of carbonyl (C=O) groups excluding carboxylic acids is 1. The molecule has 43 heavy (non-hydrogen) atoms.